The van der Waals surface area contributed by atoms with Crippen LogP contribution in [0.2, 0.25) is 0 Å². The number of amides is 2. The molecule has 0 aliphatic carbocycles. The van der Waals surface area contributed by atoms with Crippen molar-refractivity contribution in [1.29, 1.82) is 0 Å². The molecule has 1 atom stereocenters. The molecule has 2 heterocycles. The van der Waals surface area contributed by atoms with E-state index < -0.39 is 11.8 Å². The highest BCUT2D eigenvalue weighted by Crippen LogP contribution is 2.43. The number of carbonyl (C=O) groups excluding carboxylic acids is 2. The van der Waals surface area contributed by atoms with Crippen molar-refractivity contribution in [2.75, 3.05) is 16.8 Å². The molecule has 32 heavy (non-hydrogen) atoms. The van der Waals surface area contributed by atoms with Gasteiger partial charge >= 0.3 is 0 Å². The molecule has 0 unspecified atom stereocenters. The van der Waals surface area contributed by atoms with Crippen LogP contribution >= 0.6 is 12.2 Å². The maximum absolute atomic E-state index is 13.4. The van der Waals surface area contributed by atoms with Crippen molar-refractivity contribution in [1.82, 2.24) is 5.32 Å². The van der Waals surface area contributed by atoms with E-state index in [1.165, 1.54) is 16.2 Å². The molecule has 166 valence electrons. The predicted molar refractivity (Wildman–Crippen MR) is 134 cm³/mol. The molecule has 2 aromatic rings. The summed E-state index contributed by atoms with van der Waals surface area (Å²) < 4.78 is 0. The summed E-state index contributed by atoms with van der Waals surface area (Å²) >= 11 is 5.32. The van der Waals surface area contributed by atoms with Crippen molar-refractivity contribution in [2.24, 2.45) is 0 Å². The van der Waals surface area contributed by atoms with Gasteiger partial charge in [0, 0.05) is 18.3 Å². The standard InChI is InChI=1S/C26H29N3O2S/c1-15-8-7-9-19(10-15)29-24(31)21(23(30)27-25(29)32)13-18-12-20-17(3)14-26(4,5)28(6)22(20)11-16(18)2/h7-13,17H,14H2,1-6H3,(H,27,30,32)/b21-13+/t17-/m0/s1. The number of benzene rings is 2. The van der Waals surface area contributed by atoms with E-state index >= 15 is 0 Å². The van der Waals surface area contributed by atoms with Gasteiger partial charge in [-0.15, -0.1) is 0 Å². The number of rotatable bonds is 2. The fourth-order valence-corrected chi connectivity index (χ4v) is 4.99. The molecule has 2 aliphatic heterocycles. The smallest absolute Gasteiger partial charge is 0.270 e. The highest BCUT2D eigenvalue weighted by Gasteiger charge is 2.36. The Balaban J connectivity index is 1.78. The lowest BCUT2D eigenvalue weighted by atomic mass is 9.79. The first-order valence-corrected chi connectivity index (χ1v) is 11.3. The van der Waals surface area contributed by atoms with Crippen LogP contribution in [-0.2, 0) is 9.59 Å². The molecule has 2 aromatic carbocycles. The van der Waals surface area contributed by atoms with Crippen molar-refractivity contribution < 1.29 is 9.59 Å². The van der Waals surface area contributed by atoms with Crippen molar-refractivity contribution in [3.8, 4) is 0 Å². The van der Waals surface area contributed by atoms with Crippen LogP contribution in [0.5, 0.6) is 0 Å². The average Bonchev–Trinajstić information content (AvgIpc) is 2.69. The van der Waals surface area contributed by atoms with Crippen LogP contribution in [0.4, 0.5) is 11.4 Å². The van der Waals surface area contributed by atoms with Gasteiger partial charge in [-0.1, -0.05) is 19.1 Å². The molecule has 2 aliphatic rings. The molecule has 6 heteroatoms. The molecular weight excluding hydrogens is 418 g/mol. The Morgan fingerprint density at radius 3 is 2.56 bits per heavy atom. The van der Waals surface area contributed by atoms with Gasteiger partial charge in [-0.2, -0.15) is 0 Å². The second-order valence-electron chi connectivity index (χ2n) is 9.54. The Hall–Kier alpha value is -2.99. The number of thiocarbonyl (C=S) groups is 1. The third-order valence-electron chi connectivity index (χ3n) is 6.68. The first kappa shape index (κ1) is 22.2. The Bertz CT molecular complexity index is 1180. The second kappa shape index (κ2) is 7.85. The lowest BCUT2D eigenvalue weighted by Gasteiger charge is -2.45. The van der Waals surface area contributed by atoms with Crippen molar-refractivity contribution >= 4 is 46.6 Å². The van der Waals surface area contributed by atoms with Gasteiger partial charge in [0.05, 0.1) is 5.69 Å². The summed E-state index contributed by atoms with van der Waals surface area (Å²) in [5.41, 5.74) is 6.14. The van der Waals surface area contributed by atoms with E-state index in [2.05, 4.69) is 50.2 Å². The van der Waals surface area contributed by atoms with E-state index in [0.717, 1.165) is 23.1 Å². The number of nitrogens with zero attached hydrogens (tertiary/aromatic N) is 2. The fraction of sp³-hybridized carbons (Fsp3) is 0.346. The highest BCUT2D eigenvalue weighted by atomic mass is 32.1. The first-order valence-electron chi connectivity index (χ1n) is 10.9. The molecule has 1 fully saturated rings. The molecule has 0 aromatic heterocycles. The molecule has 1 N–H and O–H groups in total. The summed E-state index contributed by atoms with van der Waals surface area (Å²) in [6.07, 6.45) is 2.73. The van der Waals surface area contributed by atoms with E-state index in [-0.39, 0.29) is 16.2 Å². The van der Waals surface area contributed by atoms with Gasteiger partial charge in [-0.25, -0.2) is 0 Å². The number of nitrogens with one attached hydrogen (secondary N) is 1. The van der Waals surface area contributed by atoms with Crippen molar-refractivity contribution in [2.45, 2.75) is 52.5 Å². The monoisotopic (exact) mass is 447 g/mol. The second-order valence-corrected chi connectivity index (χ2v) is 9.93. The summed E-state index contributed by atoms with van der Waals surface area (Å²) in [5.74, 6) is -0.499. The summed E-state index contributed by atoms with van der Waals surface area (Å²) in [6, 6.07) is 11.8. The molecule has 0 spiro atoms. The molecule has 0 radical (unpaired) electrons. The van der Waals surface area contributed by atoms with Crippen molar-refractivity contribution in [3.05, 3.63) is 64.2 Å². The predicted octanol–water partition coefficient (Wildman–Crippen LogP) is 4.86. The summed E-state index contributed by atoms with van der Waals surface area (Å²) in [7, 11) is 2.13. The van der Waals surface area contributed by atoms with E-state index in [4.69, 9.17) is 12.2 Å². The molecule has 2 amide bonds. The van der Waals surface area contributed by atoms with Gasteiger partial charge in [0.15, 0.2) is 5.11 Å². The van der Waals surface area contributed by atoms with Crippen molar-refractivity contribution in [3.63, 3.8) is 0 Å². The minimum atomic E-state index is -0.465. The van der Waals surface area contributed by atoms with Crippen LogP contribution in [0.1, 0.15) is 55.4 Å². The highest BCUT2D eigenvalue weighted by molar-refractivity contribution is 7.80. The van der Waals surface area contributed by atoms with Crippen LogP contribution in [-0.4, -0.2) is 29.5 Å². The molecule has 4 rings (SSSR count). The zero-order valence-electron chi connectivity index (χ0n) is 19.4. The van der Waals surface area contributed by atoms with Crippen LogP contribution in [0, 0.1) is 13.8 Å². The summed E-state index contributed by atoms with van der Waals surface area (Å²) in [4.78, 5) is 29.8. The normalized spacial score (nSPS) is 21.6. The maximum Gasteiger partial charge on any atom is 0.270 e. The number of carbonyl (C=O) groups is 2. The molecule has 5 nitrogen and oxygen atoms in total. The van der Waals surface area contributed by atoms with Gasteiger partial charge in [0.25, 0.3) is 11.8 Å². The largest absolute Gasteiger partial charge is 0.369 e. The molecule has 0 bridgehead atoms. The Morgan fingerprint density at radius 2 is 1.88 bits per heavy atom. The zero-order valence-corrected chi connectivity index (χ0v) is 20.3. The van der Waals surface area contributed by atoms with Gasteiger partial charge < -0.3 is 4.90 Å². The summed E-state index contributed by atoms with van der Waals surface area (Å²) in [6.45, 7) is 10.7. The Labute approximate surface area is 195 Å². The number of anilines is 2. The van der Waals surface area contributed by atoms with E-state index in [1.807, 2.05) is 38.1 Å². The molecule has 0 saturated carbocycles. The van der Waals surface area contributed by atoms with Gasteiger partial charge in [0.2, 0.25) is 0 Å². The Morgan fingerprint density at radius 1 is 1.16 bits per heavy atom. The average molecular weight is 448 g/mol. The third kappa shape index (κ3) is 3.73. The zero-order chi connectivity index (χ0) is 23.4. The van der Waals surface area contributed by atoms with Crippen LogP contribution < -0.4 is 15.1 Å². The quantitative estimate of drug-likeness (QED) is 0.406. The fourth-order valence-electron chi connectivity index (χ4n) is 4.70. The minimum absolute atomic E-state index is 0.0715. The number of aryl methyl sites for hydroxylation is 2. The van der Waals surface area contributed by atoms with E-state index in [9.17, 15) is 9.59 Å². The van der Waals surface area contributed by atoms with Crippen LogP contribution in [0.15, 0.2) is 42.0 Å². The maximum atomic E-state index is 13.4. The lowest BCUT2D eigenvalue weighted by Crippen LogP contribution is -2.54. The minimum Gasteiger partial charge on any atom is -0.369 e. The SMILES string of the molecule is Cc1cccc(N2C(=O)/C(=C/c3cc4c(cc3C)N(C)C(C)(C)C[C@@H]4C)C(=O)NC2=S)c1. The topological polar surface area (TPSA) is 52.7 Å². The lowest BCUT2D eigenvalue weighted by molar-refractivity contribution is -0.122. The van der Waals surface area contributed by atoms with Gasteiger partial charge in [0.1, 0.15) is 5.57 Å². The Kier molecular flexibility index (Phi) is 5.45. The van der Waals surface area contributed by atoms with Crippen LogP contribution in [0.25, 0.3) is 6.08 Å². The number of hydrogen-bond donors (Lipinski definition) is 1. The third-order valence-corrected chi connectivity index (χ3v) is 6.97. The molecular formula is C26H29N3O2S. The van der Waals surface area contributed by atoms with Gasteiger partial charge in [-0.05, 0) is 105 Å². The van der Waals surface area contributed by atoms with E-state index in [1.54, 1.807) is 6.08 Å². The number of fused-ring (bicyclic) bond motifs is 1. The van der Waals surface area contributed by atoms with Gasteiger partial charge in [-0.3, -0.25) is 19.8 Å². The molecule has 1 saturated heterocycles. The number of hydrogen-bond acceptors (Lipinski definition) is 4. The van der Waals surface area contributed by atoms with E-state index in [0.29, 0.717) is 11.6 Å². The summed E-state index contributed by atoms with van der Waals surface area (Å²) in [5, 5.41) is 2.78. The van der Waals surface area contributed by atoms with Crippen LogP contribution in [0.3, 0.4) is 0 Å². The first-order chi connectivity index (χ1) is 15.0.